The monoisotopic (exact) mass is 181 g/mol. The summed E-state index contributed by atoms with van der Waals surface area (Å²) in [7, 11) is 0. The van der Waals surface area contributed by atoms with Crippen molar-refractivity contribution in [2.45, 2.75) is 63.8 Å². The van der Waals surface area contributed by atoms with Gasteiger partial charge in [-0.15, -0.1) is 0 Å². The van der Waals surface area contributed by atoms with E-state index in [-0.39, 0.29) is 6.04 Å². The molecule has 1 spiro atoms. The molecule has 0 radical (unpaired) electrons. The Morgan fingerprint density at radius 2 is 1.69 bits per heavy atom. The lowest BCUT2D eigenvalue weighted by Crippen LogP contribution is -2.32. The van der Waals surface area contributed by atoms with Gasteiger partial charge in [0.2, 0.25) is 0 Å². The molecule has 0 aromatic heterocycles. The van der Waals surface area contributed by atoms with Crippen molar-refractivity contribution < 1.29 is 0 Å². The number of nitroso groups, excluding NO2 is 1. The molecule has 13 heavy (non-hydrogen) atoms. The second-order valence-corrected chi connectivity index (χ2v) is 4.92. The maximum Gasteiger partial charge on any atom is 0.0925 e. The summed E-state index contributed by atoms with van der Waals surface area (Å²) in [6, 6.07) is 0.145. The lowest BCUT2D eigenvalue weighted by atomic mass is 9.64. The normalized spacial score (nSPS) is 33.1. The molecule has 0 aromatic carbocycles. The van der Waals surface area contributed by atoms with E-state index in [0.29, 0.717) is 5.41 Å². The van der Waals surface area contributed by atoms with Crippen molar-refractivity contribution in [3.8, 4) is 0 Å². The molecule has 1 unspecified atom stereocenters. The minimum Gasteiger partial charge on any atom is -0.151 e. The lowest BCUT2D eigenvalue weighted by molar-refractivity contribution is 0.112. The van der Waals surface area contributed by atoms with Crippen LogP contribution in [0.4, 0.5) is 0 Å². The molecule has 0 heterocycles. The van der Waals surface area contributed by atoms with E-state index in [9.17, 15) is 4.91 Å². The fourth-order valence-electron chi connectivity index (χ4n) is 3.26. The minimum absolute atomic E-state index is 0.145. The van der Waals surface area contributed by atoms with Gasteiger partial charge >= 0.3 is 0 Å². The SMILES string of the molecule is O=NC1CCCC2(CCCCC2)C1. The van der Waals surface area contributed by atoms with Gasteiger partial charge in [-0.3, -0.25) is 0 Å². The highest BCUT2D eigenvalue weighted by atomic mass is 16.3. The van der Waals surface area contributed by atoms with E-state index >= 15 is 0 Å². The Morgan fingerprint density at radius 3 is 2.38 bits per heavy atom. The Hall–Kier alpha value is -0.400. The molecule has 2 heteroatoms. The number of hydrogen-bond donors (Lipinski definition) is 0. The van der Waals surface area contributed by atoms with E-state index in [4.69, 9.17) is 0 Å². The van der Waals surface area contributed by atoms with Crippen LogP contribution in [0.3, 0.4) is 0 Å². The average Bonchev–Trinajstić information content (AvgIpc) is 2.19. The Kier molecular flexibility index (Phi) is 2.66. The van der Waals surface area contributed by atoms with Crippen LogP contribution < -0.4 is 0 Å². The first kappa shape index (κ1) is 9.17. The van der Waals surface area contributed by atoms with E-state index in [2.05, 4.69) is 5.18 Å². The summed E-state index contributed by atoms with van der Waals surface area (Å²) in [5, 5.41) is 3.25. The lowest BCUT2D eigenvalue weighted by Gasteiger charge is -2.41. The quantitative estimate of drug-likeness (QED) is 0.568. The van der Waals surface area contributed by atoms with Gasteiger partial charge in [0.15, 0.2) is 0 Å². The van der Waals surface area contributed by atoms with Crippen LogP contribution in [0.1, 0.15) is 57.8 Å². The maximum absolute atomic E-state index is 10.5. The molecular weight excluding hydrogens is 162 g/mol. The van der Waals surface area contributed by atoms with E-state index in [1.165, 1.54) is 44.9 Å². The maximum atomic E-state index is 10.5. The molecule has 2 saturated carbocycles. The van der Waals surface area contributed by atoms with Crippen LogP contribution >= 0.6 is 0 Å². The standard InChI is InChI=1S/C11H19NO/c13-12-10-5-4-8-11(9-10)6-2-1-3-7-11/h10H,1-9H2. The van der Waals surface area contributed by atoms with Crippen molar-refractivity contribution in [1.29, 1.82) is 0 Å². The van der Waals surface area contributed by atoms with Crippen molar-refractivity contribution in [2.24, 2.45) is 10.6 Å². The number of rotatable bonds is 1. The molecular formula is C11H19NO. The van der Waals surface area contributed by atoms with Crippen molar-refractivity contribution in [2.75, 3.05) is 0 Å². The van der Waals surface area contributed by atoms with Crippen molar-refractivity contribution in [1.82, 2.24) is 0 Å². The molecule has 0 amide bonds. The van der Waals surface area contributed by atoms with Crippen LogP contribution in [0.25, 0.3) is 0 Å². The first-order chi connectivity index (χ1) is 6.35. The summed E-state index contributed by atoms with van der Waals surface area (Å²) < 4.78 is 0. The molecule has 0 aliphatic heterocycles. The van der Waals surface area contributed by atoms with Gasteiger partial charge < -0.3 is 0 Å². The zero-order valence-corrected chi connectivity index (χ0v) is 8.30. The van der Waals surface area contributed by atoms with Crippen LogP contribution in [0.2, 0.25) is 0 Å². The molecule has 0 saturated heterocycles. The van der Waals surface area contributed by atoms with Crippen LogP contribution in [0.5, 0.6) is 0 Å². The molecule has 0 aromatic rings. The topological polar surface area (TPSA) is 29.4 Å². The van der Waals surface area contributed by atoms with Gasteiger partial charge in [-0.2, -0.15) is 4.91 Å². The van der Waals surface area contributed by atoms with E-state index < -0.39 is 0 Å². The summed E-state index contributed by atoms with van der Waals surface area (Å²) >= 11 is 0. The van der Waals surface area contributed by atoms with Gasteiger partial charge in [-0.05, 0) is 37.5 Å². The molecule has 2 aliphatic carbocycles. The highest BCUT2D eigenvalue weighted by Gasteiger charge is 2.37. The molecule has 74 valence electrons. The summed E-state index contributed by atoms with van der Waals surface area (Å²) in [5.74, 6) is 0. The van der Waals surface area contributed by atoms with Gasteiger partial charge in [-0.25, -0.2) is 0 Å². The first-order valence-electron chi connectivity index (χ1n) is 5.67. The van der Waals surface area contributed by atoms with E-state index in [1.54, 1.807) is 0 Å². The first-order valence-corrected chi connectivity index (χ1v) is 5.67. The fourth-order valence-corrected chi connectivity index (χ4v) is 3.26. The van der Waals surface area contributed by atoms with Crippen LogP contribution in [-0.2, 0) is 0 Å². The van der Waals surface area contributed by atoms with Gasteiger partial charge in [0.1, 0.15) is 0 Å². The summed E-state index contributed by atoms with van der Waals surface area (Å²) in [4.78, 5) is 10.5. The molecule has 1 atom stereocenters. The van der Waals surface area contributed by atoms with Crippen molar-refractivity contribution in [3.05, 3.63) is 4.91 Å². The largest absolute Gasteiger partial charge is 0.151 e. The number of nitrogens with zero attached hydrogens (tertiary/aromatic N) is 1. The van der Waals surface area contributed by atoms with Gasteiger partial charge in [0.25, 0.3) is 0 Å². The minimum atomic E-state index is 0.145. The predicted molar refractivity (Wildman–Crippen MR) is 53.6 cm³/mol. The van der Waals surface area contributed by atoms with E-state index in [0.717, 1.165) is 12.8 Å². The van der Waals surface area contributed by atoms with E-state index in [1.807, 2.05) is 0 Å². The van der Waals surface area contributed by atoms with Crippen molar-refractivity contribution in [3.63, 3.8) is 0 Å². The third-order valence-corrected chi connectivity index (χ3v) is 3.98. The molecule has 0 bridgehead atoms. The Labute approximate surface area is 80.1 Å². The zero-order valence-electron chi connectivity index (χ0n) is 8.30. The van der Waals surface area contributed by atoms with Crippen LogP contribution in [-0.4, -0.2) is 6.04 Å². The average molecular weight is 181 g/mol. The van der Waals surface area contributed by atoms with Crippen LogP contribution in [0, 0.1) is 10.3 Å². The van der Waals surface area contributed by atoms with Gasteiger partial charge in [0, 0.05) is 0 Å². The second-order valence-electron chi connectivity index (χ2n) is 4.92. The highest BCUT2D eigenvalue weighted by molar-refractivity contribution is 4.90. The third kappa shape index (κ3) is 1.92. The Morgan fingerprint density at radius 1 is 1.00 bits per heavy atom. The molecule has 2 rings (SSSR count). The smallest absolute Gasteiger partial charge is 0.0925 e. The molecule has 2 aliphatic rings. The summed E-state index contributed by atoms with van der Waals surface area (Å²) in [6.45, 7) is 0. The van der Waals surface area contributed by atoms with Crippen molar-refractivity contribution >= 4 is 0 Å². The Bertz CT molecular complexity index is 179. The number of hydrogen-bond acceptors (Lipinski definition) is 2. The third-order valence-electron chi connectivity index (χ3n) is 3.98. The van der Waals surface area contributed by atoms with Gasteiger partial charge in [-0.1, -0.05) is 30.9 Å². The second kappa shape index (κ2) is 3.77. The summed E-state index contributed by atoms with van der Waals surface area (Å²) in [6.07, 6.45) is 11.6. The predicted octanol–water partition coefficient (Wildman–Crippen LogP) is 3.65. The molecule has 2 nitrogen and oxygen atoms in total. The Balaban J connectivity index is 1.99. The zero-order chi connectivity index (χ0) is 9.15. The van der Waals surface area contributed by atoms with Crippen LogP contribution in [0.15, 0.2) is 5.18 Å². The molecule has 2 fully saturated rings. The summed E-state index contributed by atoms with van der Waals surface area (Å²) in [5.41, 5.74) is 0.537. The molecule has 0 N–H and O–H groups in total. The highest BCUT2D eigenvalue weighted by Crippen LogP contribution is 2.47. The van der Waals surface area contributed by atoms with Gasteiger partial charge in [0.05, 0.1) is 6.04 Å². The fraction of sp³-hybridized carbons (Fsp3) is 1.00.